The van der Waals surface area contributed by atoms with Crippen molar-refractivity contribution in [1.82, 2.24) is 39.5 Å². The van der Waals surface area contributed by atoms with Gasteiger partial charge in [-0.3, -0.25) is 4.90 Å². The summed E-state index contributed by atoms with van der Waals surface area (Å²) in [5.74, 6) is -1.66. The highest BCUT2D eigenvalue weighted by atomic mass is 19.3. The Balaban J connectivity index is 1.24. The second-order valence-electron chi connectivity index (χ2n) is 9.82. The number of alkyl halides is 2. The number of pyridine rings is 2. The van der Waals surface area contributed by atoms with E-state index in [9.17, 15) is 19.1 Å². The van der Waals surface area contributed by atoms with Crippen LogP contribution in [0.25, 0.3) is 22.6 Å². The van der Waals surface area contributed by atoms with Crippen LogP contribution in [-0.4, -0.2) is 63.6 Å². The summed E-state index contributed by atoms with van der Waals surface area (Å²) in [4.78, 5) is 6.42. The molecule has 1 saturated heterocycles. The Morgan fingerprint density at radius 2 is 1.98 bits per heavy atom. The Kier molecular flexibility index (Phi) is 6.21. The van der Waals surface area contributed by atoms with Crippen LogP contribution in [0.3, 0.4) is 0 Å². The minimum absolute atomic E-state index is 0.257. The minimum Gasteiger partial charge on any atom is -0.389 e. The van der Waals surface area contributed by atoms with Crippen LogP contribution in [-0.2, 0) is 6.54 Å². The van der Waals surface area contributed by atoms with E-state index >= 15 is 0 Å². The van der Waals surface area contributed by atoms with Crippen LogP contribution in [0.2, 0.25) is 0 Å². The van der Waals surface area contributed by atoms with Gasteiger partial charge >= 0.3 is 0 Å². The number of nitrogens with zero attached hydrogens (tertiary/aromatic N) is 9. The van der Waals surface area contributed by atoms with Crippen LogP contribution in [0.4, 0.5) is 20.3 Å². The number of anilines is 2. The van der Waals surface area contributed by atoms with Crippen molar-refractivity contribution in [1.29, 1.82) is 5.26 Å². The second-order valence-corrected chi connectivity index (χ2v) is 9.82. The predicted octanol–water partition coefficient (Wildman–Crippen LogP) is 3.80. The van der Waals surface area contributed by atoms with Crippen LogP contribution in [0.15, 0.2) is 54.9 Å². The molecule has 1 atom stereocenters. The van der Waals surface area contributed by atoms with Crippen molar-refractivity contribution in [3.05, 3.63) is 77.5 Å². The molecule has 1 unspecified atom stereocenters. The first kappa shape index (κ1) is 25.5. The molecule has 0 radical (unpaired) electrons. The molecule has 1 aliphatic rings. The summed E-state index contributed by atoms with van der Waals surface area (Å²) in [5.41, 5.74) is 5.11. The molecule has 202 valence electrons. The normalized spacial score (nSPS) is 15.5. The molecule has 6 heterocycles. The molecule has 6 rings (SSSR count). The van der Waals surface area contributed by atoms with Crippen molar-refractivity contribution < 1.29 is 13.9 Å². The van der Waals surface area contributed by atoms with Crippen molar-refractivity contribution in [3.63, 3.8) is 0 Å². The molecule has 1 fully saturated rings. The molecule has 5 aromatic heterocycles. The number of nitriles is 1. The van der Waals surface area contributed by atoms with Gasteiger partial charge in [-0.25, -0.2) is 23.0 Å². The largest absolute Gasteiger partial charge is 0.389 e. The summed E-state index contributed by atoms with van der Waals surface area (Å²) in [6.45, 7) is 3.29. The van der Waals surface area contributed by atoms with Crippen molar-refractivity contribution >= 4 is 17.0 Å². The summed E-state index contributed by atoms with van der Waals surface area (Å²) in [6.07, 6.45) is 2.72. The molecule has 0 amide bonds. The third kappa shape index (κ3) is 4.86. The molecule has 40 heavy (non-hydrogen) atoms. The fraction of sp³-hybridized carbons (Fsp3) is 0.259. The highest BCUT2D eigenvalue weighted by molar-refractivity contribution is 5.79. The third-order valence-corrected chi connectivity index (χ3v) is 6.64. The van der Waals surface area contributed by atoms with Gasteiger partial charge in [-0.2, -0.15) is 20.6 Å². The summed E-state index contributed by atoms with van der Waals surface area (Å²) < 4.78 is 29.4. The average molecular weight is 543 g/mol. The SMILES string of the molecule is Cc1cc(C#N)nn1-c1nc(-c2cnn3cc(Nc4ccc(CN5CC(F)(F)C5)nn4)ccc23)ccc1C(C)O. The monoisotopic (exact) mass is 542 g/mol. The lowest BCUT2D eigenvalue weighted by molar-refractivity contribution is -0.134. The second kappa shape index (κ2) is 9.74. The highest BCUT2D eigenvalue weighted by Crippen LogP contribution is 2.30. The number of aliphatic hydroxyl groups excluding tert-OH is 1. The van der Waals surface area contributed by atoms with Crippen LogP contribution in [0.1, 0.15) is 35.7 Å². The van der Waals surface area contributed by atoms with E-state index < -0.39 is 12.0 Å². The molecule has 2 N–H and O–H groups in total. The lowest BCUT2D eigenvalue weighted by Crippen LogP contribution is -2.55. The van der Waals surface area contributed by atoms with Gasteiger partial charge in [0.25, 0.3) is 5.92 Å². The van der Waals surface area contributed by atoms with Crippen molar-refractivity contribution in [2.24, 2.45) is 0 Å². The Labute approximate surface area is 227 Å². The molecule has 1 aliphatic heterocycles. The van der Waals surface area contributed by atoms with Gasteiger partial charge in [0, 0.05) is 23.4 Å². The first-order chi connectivity index (χ1) is 19.2. The van der Waals surface area contributed by atoms with E-state index in [2.05, 4.69) is 25.7 Å². The summed E-state index contributed by atoms with van der Waals surface area (Å²) in [6, 6.07) is 14.6. The van der Waals surface area contributed by atoms with Gasteiger partial charge in [-0.05, 0) is 50.2 Å². The molecule has 13 heteroatoms. The smallest absolute Gasteiger partial charge is 0.272 e. The Morgan fingerprint density at radius 1 is 1.15 bits per heavy atom. The first-order valence-electron chi connectivity index (χ1n) is 12.5. The molecule has 0 bridgehead atoms. The highest BCUT2D eigenvalue weighted by Gasteiger charge is 2.43. The topological polar surface area (TPSA) is 133 Å². The maximum absolute atomic E-state index is 13.0. The number of nitrogens with one attached hydrogen (secondary N) is 1. The summed E-state index contributed by atoms with van der Waals surface area (Å²) >= 11 is 0. The fourth-order valence-electron chi connectivity index (χ4n) is 4.71. The number of aryl methyl sites for hydroxylation is 1. The number of likely N-dealkylation sites (tertiary alicyclic amines) is 1. The summed E-state index contributed by atoms with van der Waals surface area (Å²) in [7, 11) is 0. The van der Waals surface area contributed by atoms with Gasteiger partial charge in [-0.15, -0.1) is 5.10 Å². The molecular weight excluding hydrogens is 518 g/mol. The van der Waals surface area contributed by atoms with Crippen molar-refractivity contribution in [3.8, 4) is 23.1 Å². The van der Waals surface area contributed by atoms with E-state index in [0.717, 1.165) is 22.5 Å². The van der Waals surface area contributed by atoms with Gasteiger partial charge in [0.15, 0.2) is 17.3 Å². The standard InChI is InChI=1S/C27H24F2N10O/c1-16-9-20(10-30)36-39(16)26-21(17(2)40)5-6-23(33-26)22-11-31-38-13-18(3-7-24(22)38)32-25-8-4-19(34-35-25)12-37-14-27(28,29)15-37/h3-9,11,13,17,40H,12,14-15H2,1-2H3,(H,32,35). The maximum Gasteiger partial charge on any atom is 0.272 e. The maximum atomic E-state index is 13.0. The third-order valence-electron chi connectivity index (χ3n) is 6.64. The average Bonchev–Trinajstić information content (AvgIpc) is 3.51. The minimum atomic E-state index is -2.61. The molecule has 0 aliphatic carbocycles. The zero-order valence-electron chi connectivity index (χ0n) is 21.6. The summed E-state index contributed by atoms with van der Waals surface area (Å²) in [5, 5.41) is 39.9. The van der Waals surface area contributed by atoms with E-state index in [-0.39, 0.29) is 18.8 Å². The lowest BCUT2D eigenvalue weighted by Gasteiger charge is -2.38. The number of rotatable bonds is 7. The molecule has 0 spiro atoms. The van der Waals surface area contributed by atoms with Gasteiger partial charge in [0.05, 0.1) is 54.2 Å². The molecule has 11 nitrogen and oxygen atoms in total. The van der Waals surface area contributed by atoms with E-state index in [1.54, 1.807) is 57.7 Å². The van der Waals surface area contributed by atoms with Crippen LogP contribution in [0, 0.1) is 18.3 Å². The Morgan fingerprint density at radius 3 is 2.65 bits per heavy atom. The van der Waals surface area contributed by atoms with E-state index in [1.165, 1.54) is 0 Å². The van der Waals surface area contributed by atoms with E-state index in [1.807, 2.05) is 31.2 Å². The van der Waals surface area contributed by atoms with Crippen molar-refractivity contribution in [2.75, 3.05) is 18.4 Å². The quantitative estimate of drug-likeness (QED) is 0.315. The number of aliphatic hydroxyl groups is 1. The zero-order valence-corrected chi connectivity index (χ0v) is 21.6. The number of aromatic nitrogens is 7. The number of halogens is 2. The van der Waals surface area contributed by atoms with Crippen molar-refractivity contribution in [2.45, 2.75) is 32.4 Å². The first-order valence-corrected chi connectivity index (χ1v) is 12.5. The lowest BCUT2D eigenvalue weighted by atomic mass is 10.1. The van der Waals surface area contributed by atoms with Crippen LogP contribution < -0.4 is 5.32 Å². The van der Waals surface area contributed by atoms with Gasteiger partial charge in [-0.1, -0.05) is 6.07 Å². The number of hydrogen-bond donors (Lipinski definition) is 2. The fourth-order valence-corrected chi connectivity index (χ4v) is 4.71. The Hall–Kier alpha value is -4.80. The van der Waals surface area contributed by atoms with Gasteiger partial charge in [0.1, 0.15) is 6.07 Å². The van der Waals surface area contributed by atoms with E-state index in [4.69, 9.17) is 4.98 Å². The van der Waals surface area contributed by atoms with Crippen LogP contribution >= 0.6 is 0 Å². The van der Waals surface area contributed by atoms with E-state index in [0.29, 0.717) is 35.1 Å². The molecular formula is C27H24F2N10O. The zero-order chi connectivity index (χ0) is 28.0. The number of hydrogen-bond acceptors (Lipinski definition) is 9. The molecule has 0 saturated carbocycles. The molecule has 0 aromatic carbocycles. The number of fused-ring (bicyclic) bond motifs is 1. The predicted molar refractivity (Wildman–Crippen MR) is 141 cm³/mol. The van der Waals surface area contributed by atoms with Crippen LogP contribution in [0.5, 0.6) is 0 Å². The molecule has 5 aromatic rings. The van der Waals surface area contributed by atoms with Gasteiger partial charge < -0.3 is 10.4 Å². The van der Waals surface area contributed by atoms with Gasteiger partial charge in [0.2, 0.25) is 0 Å². The Bertz CT molecular complexity index is 1750.